The summed E-state index contributed by atoms with van der Waals surface area (Å²) >= 11 is 0. The van der Waals surface area contributed by atoms with Gasteiger partial charge in [0.15, 0.2) is 0 Å². The molecule has 2 spiro atoms. The molecule has 2 fully saturated rings. The molecule has 1 amide bonds. The fraction of sp³-hybridized carbons (Fsp3) is 0.346. The van der Waals surface area contributed by atoms with Crippen LogP contribution in [0.2, 0.25) is 0 Å². The number of piperidine rings is 1. The molecular weight excluding hydrogens is 402 g/mol. The number of nitrogens with one attached hydrogen (secondary N) is 1. The second-order valence-electron chi connectivity index (χ2n) is 9.16. The van der Waals surface area contributed by atoms with Crippen LogP contribution >= 0.6 is 0 Å². The number of hydrogen-bond donors (Lipinski definition) is 1. The molecule has 0 saturated carbocycles. The molecule has 6 nitrogen and oxygen atoms in total. The van der Waals surface area contributed by atoms with Crippen molar-refractivity contribution in [2.75, 3.05) is 32.1 Å². The van der Waals surface area contributed by atoms with Crippen LogP contribution < -0.4 is 10.1 Å². The fourth-order valence-electron chi connectivity index (χ4n) is 5.62. The highest BCUT2D eigenvalue weighted by atomic mass is 16.5. The maximum absolute atomic E-state index is 13.0. The van der Waals surface area contributed by atoms with Crippen molar-refractivity contribution in [3.05, 3.63) is 78.1 Å². The van der Waals surface area contributed by atoms with Gasteiger partial charge < -0.3 is 24.3 Å². The van der Waals surface area contributed by atoms with Crippen LogP contribution in [-0.2, 0) is 10.3 Å². The monoisotopic (exact) mass is 429 g/mol. The molecule has 2 saturated heterocycles. The number of methoxy groups -OCH3 is 1. The van der Waals surface area contributed by atoms with Gasteiger partial charge in [0.05, 0.1) is 36.4 Å². The highest BCUT2D eigenvalue weighted by molar-refractivity contribution is 5.94. The van der Waals surface area contributed by atoms with Crippen LogP contribution in [0, 0.1) is 0 Å². The Morgan fingerprint density at radius 3 is 2.59 bits per heavy atom. The van der Waals surface area contributed by atoms with Crippen LogP contribution in [-0.4, -0.2) is 47.8 Å². The molecule has 3 aromatic rings. The summed E-state index contributed by atoms with van der Waals surface area (Å²) < 4.78 is 14.0. The number of likely N-dealkylation sites (tertiary alicyclic amines) is 1. The molecule has 3 aliphatic rings. The Balaban J connectivity index is 1.20. The van der Waals surface area contributed by atoms with Crippen LogP contribution in [0.3, 0.4) is 0 Å². The molecule has 2 aromatic carbocycles. The normalized spacial score (nSPS) is 23.0. The number of ether oxygens (including phenoxy) is 2. The number of benzene rings is 2. The van der Waals surface area contributed by atoms with Gasteiger partial charge in [-0.2, -0.15) is 0 Å². The van der Waals surface area contributed by atoms with Crippen LogP contribution in [0.5, 0.6) is 5.75 Å². The molecule has 0 radical (unpaired) electrons. The van der Waals surface area contributed by atoms with Crippen LogP contribution in [0.15, 0.2) is 66.9 Å². The molecule has 4 heterocycles. The van der Waals surface area contributed by atoms with Gasteiger partial charge in [-0.15, -0.1) is 0 Å². The number of carbonyl (C=O) groups excluding carboxylic acids is 1. The average molecular weight is 430 g/mol. The highest BCUT2D eigenvalue weighted by Gasteiger charge is 2.54. The van der Waals surface area contributed by atoms with E-state index in [1.165, 1.54) is 11.4 Å². The van der Waals surface area contributed by atoms with E-state index in [9.17, 15) is 4.79 Å². The summed E-state index contributed by atoms with van der Waals surface area (Å²) in [4.78, 5) is 14.9. The summed E-state index contributed by atoms with van der Waals surface area (Å²) in [7, 11) is 1.63. The first-order chi connectivity index (χ1) is 15.6. The third kappa shape index (κ3) is 2.93. The molecule has 1 N–H and O–H groups in total. The van der Waals surface area contributed by atoms with E-state index < -0.39 is 0 Å². The Labute approximate surface area is 187 Å². The lowest BCUT2D eigenvalue weighted by atomic mass is 9.79. The number of carbonyl (C=O) groups is 1. The van der Waals surface area contributed by atoms with Gasteiger partial charge in [0.1, 0.15) is 11.3 Å². The Hall–Kier alpha value is -3.25. The molecular formula is C26H27N3O3. The van der Waals surface area contributed by atoms with Crippen LogP contribution in [0.25, 0.3) is 5.69 Å². The van der Waals surface area contributed by atoms with Crippen LogP contribution in [0.4, 0.5) is 5.69 Å². The van der Waals surface area contributed by atoms with E-state index in [1.54, 1.807) is 7.11 Å². The summed E-state index contributed by atoms with van der Waals surface area (Å²) in [5, 5.41) is 3.82. The van der Waals surface area contributed by atoms with E-state index in [2.05, 4.69) is 52.5 Å². The highest BCUT2D eigenvalue weighted by Crippen LogP contribution is 2.50. The zero-order valence-corrected chi connectivity index (χ0v) is 18.2. The van der Waals surface area contributed by atoms with Crippen LogP contribution in [0.1, 0.15) is 35.3 Å². The molecule has 6 rings (SSSR count). The lowest BCUT2D eigenvalue weighted by Crippen LogP contribution is -2.48. The van der Waals surface area contributed by atoms with E-state index >= 15 is 0 Å². The Kier molecular flexibility index (Phi) is 4.33. The first-order valence-electron chi connectivity index (χ1n) is 11.2. The third-order valence-corrected chi connectivity index (χ3v) is 7.32. The number of aromatic nitrogens is 1. The average Bonchev–Trinajstić information content (AvgIpc) is 3.47. The van der Waals surface area contributed by atoms with Crippen molar-refractivity contribution in [1.29, 1.82) is 0 Å². The number of amides is 1. The zero-order chi connectivity index (χ0) is 21.8. The maximum Gasteiger partial charge on any atom is 0.253 e. The minimum absolute atomic E-state index is 0.0776. The summed E-state index contributed by atoms with van der Waals surface area (Å²) in [6.45, 7) is 2.05. The summed E-state index contributed by atoms with van der Waals surface area (Å²) in [6, 6.07) is 20.1. The predicted molar refractivity (Wildman–Crippen MR) is 123 cm³/mol. The molecule has 0 bridgehead atoms. The van der Waals surface area contributed by atoms with Gasteiger partial charge in [-0.1, -0.05) is 12.1 Å². The molecule has 0 aliphatic carbocycles. The summed E-state index contributed by atoms with van der Waals surface area (Å²) in [5.41, 5.74) is 3.84. The largest absolute Gasteiger partial charge is 0.497 e. The SMILES string of the molecule is COc1ccc(C(=O)N2CCC3(CC2)CC2(CO3)Nc3ccccc3-n3cccc32)cc1. The van der Waals surface area contributed by atoms with E-state index in [0.29, 0.717) is 25.3 Å². The van der Waals surface area contributed by atoms with Gasteiger partial charge >= 0.3 is 0 Å². The maximum atomic E-state index is 13.0. The predicted octanol–water partition coefficient (Wildman–Crippen LogP) is 4.20. The Bertz CT molecular complexity index is 1160. The lowest BCUT2D eigenvalue weighted by molar-refractivity contribution is -0.0392. The van der Waals surface area contributed by atoms with E-state index in [-0.39, 0.29) is 17.0 Å². The third-order valence-electron chi connectivity index (χ3n) is 7.32. The van der Waals surface area contributed by atoms with Crippen molar-refractivity contribution in [2.45, 2.75) is 30.4 Å². The van der Waals surface area contributed by atoms with E-state index in [4.69, 9.17) is 9.47 Å². The van der Waals surface area contributed by atoms with Crippen molar-refractivity contribution < 1.29 is 14.3 Å². The number of rotatable bonds is 2. The van der Waals surface area contributed by atoms with Gasteiger partial charge in [0.25, 0.3) is 5.91 Å². The molecule has 1 atom stereocenters. The second-order valence-corrected chi connectivity index (χ2v) is 9.16. The molecule has 32 heavy (non-hydrogen) atoms. The van der Waals surface area contributed by atoms with E-state index in [1.807, 2.05) is 29.2 Å². The van der Waals surface area contributed by atoms with Gasteiger partial charge in [-0.3, -0.25) is 4.79 Å². The first kappa shape index (κ1) is 19.4. The first-order valence-corrected chi connectivity index (χ1v) is 11.2. The molecule has 1 unspecified atom stereocenters. The quantitative estimate of drug-likeness (QED) is 0.663. The Morgan fingerprint density at radius 2 is 1.81 bits per heavy atom. The van der Waals surface area contributed by atoms with Gasteiger partial charge in [0.2, 0.25) is 0 Å². The zero-order valence-electron chi connectivity index (χ0n) is 18.2. The Morgan fingerprint density at radius 1 is 1.03 bits per heavy atom. The smallest absolute Gasteiger partial charge is 0.253 e. The second kappa shape index (κ2) is 7.14. The fourth-order valence-corrected chi connectivity index (χ4v) is 5.62. The number of fused-ring (bicyclic) bond motifs is 4. The van der Waals surface area contributed by atoms with Crippen molar-refractivity contribution in [1.82, 2.24) is 9.47 Å². The summed E-state index contributed by atoms with van der Waals surface area (Å²) in [5.74, 6) is 0.837. The van der Waals surface area contributed by atoms with Gasteiger partial charge in [-0.05, 0) is 61.4 Å². The van der Waals surface area contributed by atoms with Gasteiger partial charge in [0, 0.05) is 31.3 Å². The minimum Gasteiger partial charge on any atom is -0.497 e. The standard InChI is InChI=1S/C26H27N3O3/c1-31-20-10-8-19(9-11-20)24(30)28-15-12-25(13-16-28)17-26(18-32-25)23-7-4-14-29(23)22-6-3-2-5-21(22)27-26/h2-11,14,27H,12-13,15-18H2,1H3. The molecule has 164 valence electrons. The van der Waals surface area contributed by atoms with Crippen molar-refractivity contribution in [3.63, 3.8) is 0 Å². The number of hydrogen-bond acceptors (Lipinski definition) is 4. The van der Waals surface area contributed by atoms with Crippen molar-refractivity contribution in [3.8, 4) is 11.4 Å². The van der Waals surface area contributed by atoms with E-state index in [0.717, 1.165) is 30.7 Å². The number of para-hydroxylation sites is 2. The topological polar surface area (TPSA) is 55.7 Å². The van der Waals surface area contributed by atoms with Crippen molar-refractivity contribution >= 4 is 11.6 Å². The van der Waals surface area contributed by atoms with Crippen molar-refractivity contribution in [2.24, 2.45) is 0 Å². The number of nitrogens with zero attached hydrogens (tertiary/aromatic N) is 2. The lowest BCUT2D eigenvalue weighted by Gasteiger charge is -2.41. The molecule has 1 aromatic heterocycles. The van der Waals surface area contributed by atoms with Gasteiger partial charge in [-0.25, -0.2) is 0 Å². The number of anilines is 1. The molecule has 3 aliphatic heterocycles. The minimum atomic E-state index is -0.236. The molecule has 6 heteroatoms. The summed E-state index contributed by atoms with van der Waals surface area (Å²) in [6.07, 6.45) is 4.74.